The van der Waals surface area contributed by atoms with Gasteiger partial charge in [-0.05, 0) is 61.4 Å². The molecule has 2 aromatic carbocycles. The number of benzene rings is 2. The van der Waals surface area contributed by atoms with Crippen LogP contribution in [0.1, 0.15) is 21.5 Å². The van der Waals surface area contributed by atoms with E-state index in [2.05, 4.69) is 31.0 Å². The fourth-order valence-corrected chi connectivity index (χ4v) is 6.20. The quantitative estimate of drug-likeness (QED) is 0.531. The van der Waals surface area contributed by atoms with Crippen molar-refractivity contribution in [1.29, 1.82) is 0 Å². The number of nitrogens with zero attached hydrogens (tertiary/aromatic N) is 3. The van der Waals surface area contributed by atoms with E-state index in [4.69, 9.17) is 9.47 Å². The molecule has 1 amide bonds. The van der Waals surface area contributed by atoms with E-state index >= 15 is 0 Å². The van der Waals surface area contributed by atoms with Gasteiger partial charge in [0.25, 0.3) is 5.91 Å². The number of hydrogen-bond donors (Lipinski definition) is 0. The molecule has 0 N–H and O–H groups in total. The highest BCUT2D eigenvalue weighted by atomic mass is 32.2. The van der Waals surface area contributed by atoms with Gasteiger partial charge in [-0.15, -0.1) is 0 Å². The third kappa shape index (κ3) is 4.95. The van der Waals surface area contributed by atoms with Gasteiger partial charge in [-0.2, -0.15) is 9.30 Å². The van der Waals surface area contributed by atoms with E-state index < -0.39 is 15.9 Å². The summed E-state index contributed by atoms with van der Waals surface area (Å²) in [5.74, 6) is -0.420. The van der Waals surface area contributed by atoms with Crippen molar-refractivity contribution in [3.63, 3.8) is 0 Å². The molecule has 176 valence electrons. The number of hydrogen-bond acceptors (Lipinski definition) is 6. The Morgan fingerprint density at radius 3 is 2.45 bits per heavy atom. The van der Waals surface area contributed by atoms with Gasteiger partial charge < -0.3 is 14.0 Å². The highest BCUT2D eigenvalue weighted by molar-refractivity contribution is 7.89. The van der Waals surface area contributed by atoms with Gasteiger partial charge in [0.1, 0.15) is 0 Å². The number of morpholine rings is 1. The Kier molecular flexibility index (Phi) is 7.10. The predicted molar refractivity (Wildman–Crippen MR) is 127 cm³/mol. The van der Waals surface area contributed by atoms with Crippen molar-refractivity contribution in [2.24, 2.45) is 4.99 Å². The fraction of sp³-hybridized carbons (Fsp3) is 0.391. The normalized spacial score (nSPS) is 15.9. The number of ether oxygens (including phenoxy) is 2. The predicted octanol–water partition coefficient (Wildman–Crippen LogP) is 2.73. The molecule has 0 unspecified atom stereocenters. The molecule has 33 heavy (non-hydrogen) atoms. The van der Waals surface area contributed by atoms with E-state index in [-0.39, 0.29) is 4.90 Å². The van der Waals surface area contributed by atoms with Gasteiger partial charge in [0.15, 0.2) is 4.80 Å². The summed E-state index contributed by atoms with van der Waals surface area (Å²) in [5.41, 5.74) is 3.69. The van der Waals surface area contributed by atoms with Crippen molar-refractivity contribution < 1.29 is 22.7 Å². The Morgan fingerprint density at radius 2 is 1.79 bits per heavy atom. The molecule has 0 bridgehead atoms. The van der Waals surface area contributed by atoms with E-state index in [1.165, 1.54) is 51.0 Å². The Hall–Kier alpha value is -2.37. The molecule has 0 radical (unpaired) electrons. The van der Waals surface area contributed by atoms with E-state index in [1.807, 2.05) is 4.57 Å². The van der Waals surface area contributed by atoms with Crippen LogP contribution in [0.15, 0.2) is 46.3 Å². The lowest BCUT2D eigenvalue weighted by molar-refractivity contribution is 0.0730. The Balaban J connectivity index is 1.66. The van der Waals surface area contributed by atoms with E-state index in [0.29, 0.717) is 49.8 Å². The molecule has 4 rings (SSSR count). The van der Waals surface area contributed by atoms with Gasteiger partial charge in [0.2, 0.25) is 10.0 Å². The van der Waals surface area contributed by atoms with Gasteiger partial charge in [-0.3, -0.25) is 4.79 Å². The number of carbonyl (C=O) groups is 1. The molecule has 0 atom stereocenters. The standard InChI is InChI=1S/C23H27N3O5S2/c1-16-14-20-21(15-17(16)2)32-23(26(20)10-11-30-3)24-22(27)18-4-6-19(7-5-18)33(28,29)25-8-12-31-13-9-25/h4-7,14-15H,8-13H2,1-3H3. The van der Waals surface area contributed by atoms with Gasteiger partial charge in [-0.1, -0.05) is 11.3 Å². The smallest absolute Gasteiger partial charge is 0.279 e. The molecule has 3 aromatic rings. The lowest BCUT2D eigenvalue weighted by Crippen LogP contribution is -2.40. The van der Waals surface area contributed by atoms with Crippen LogP contribution >= 0.6 is 11.3 Å². The van der Waals surface area contributed by atoms with Crippen molar-refractivity contribution in [3.05, 3.63) is 57.9 Å². The third-order valence-corrected chi connectivity index (χ3v) is 8.68. The molecule has 0 saturated carbocycles. The zero-order chi connectivity index (χ0) is 23.6. The first-order chi connectivity index (χ1) is 15.8. The zero-order valence-corrected chi connectivity index (χ0v) is 20.5. The highest BCUT2D eigenvalue weighted by Crippen LogP contribution is 2.22. The van der Waals surface area contributed by atoms with Crippen LogP contribution in [0.4, 0.5) is 0 Å². The number of sulfonamides is 1. The van der Waals surface area contributed by atoms with Gasteiger partial charge in [-0.25, -0.2) is 8.42 Å². The number of amides is 1. The highest BCUT2D eigenvalue weighted by Gasteiger charge is 2.26. The van der Waals surface area contributed by atoms with Crippen LogP contribution in [0.5, 0.6) is 0 Å². The van der Waals surface area contributed by atoms with Crippen LogP contribution in [-0.2, 0) is 26.0 Å². The van der Waals surface area contributed by atoms with Crippen LogP contribution in [-0.4, -0.2) is 63.2 Å². The Morgan fingerprint density at radius 1 is 1.12 bits per heavy atom. The number of methoxy groups -OCH3 is 1. The summed E-state index contributed by atoms with van der Waals surface area (Å²) in [6.07, 6.45) is 0. The summed E-state index contributed by atoms with van der Waals surface area (Å²) in [6.45, 7) is 6.59. The average Bonchev–Trinajstić information content (AvgIpc) is 3.14. The maximum atomic E-state index is 12.9. The minimum Gasteiger partial charge on any atom is -0.383 e. The molecule has 2 heterocycles. The number of carbonyl (C=O) groups excluding carboxylic acids is 1. The SMILES string of the molecule is COCCn1c(=NC(=O)c2ccc(S(=O)(=O)N3CCOCC3)cc2)sc2cc(C)c(C)cc21. The lowest BCUT2D eigenvalue weighted by Gasteiger charge is -2.26. The number of fused-ring (bicyclic) bond motifs is 1. The van der Waals surface area contributed by atoms with Crippen molar-refractivity contribution >= 4 is 37.5 Å². The first-order valence-corrected chi connectivity index (χ1v) is 12.9. The molecule has 10 heteroatoms. The summed E-state index contributed by atoms with van der Waals surface area (Å²) in [5, 5.41) is 0. The van der Waals surface area contributed by atoms with Crippen molar-refractivity contribution in [3.8, 4) is 0 Å². The summed E-state index contributed by atoms with van der Waals surface area (Å²) in [4.78, 5) is 18.0. The van der Waals surface area contributed by atoms with Gasteiger partial charge in [0.05, 0.1) is 34.9 Å². The average molecular weight is 490 g/mol. The van der Waals surface area contributed by atoms with Crippen molar-refractivity contribution in [2.75, 3.05) is 40.0 Å². The largest absolute Gasteiger partial charge is 0.383 e. The van der Waals surface area contributed by atoms with Crippen LogP contribution in [0.25, 0.3) is 10.2 Å². The van der Waals surface area contributed by atoms with Crippen LogP contribution in [0.3, 0.4) is 0 Å². The summed E-state index contributed by atoms with van der Waals surface area (Å²) in [7, 11) is -1.97. The van der Waals surface area contributed by atoms with Crippen molar-refractivity contribution in [2.45, 2.75) is 25.3 Å². The van der Waals surface area contributed by atoms with Gasteiger partial charge in [0, 0.05) is 32.3 Å². The number of aryl methyl sites for hydroxylation is 2. The Bertz CT molecular complexity index is 1330. The first kappa shape index (κ1) is 23.8. The maximum absolute atomic E-state index is 12.9. The maximum Gasteiger partial charge on any atom is 0.279 e. The Labute approximate surface area is 197 Å². The van der Waals surface area contributed by atoms with E-state index in [1.54, 1.807) is 7.11 Å². The number of rotatable bonds is 6. The van der Waals surface area contributed by atoms with E-state index in [9.17, 15) is 13.2 Å². The van der Waals surface area contributed by atoms with Gasteiger partial charge >= 0.3 is 0 Å². The van der Waals surface area contributed by atoms with Crippen LogP contribution < -0.4 is 4.80 Å². The molecule has 0 aliphatic carbocycles. The minimum absolute atomic E-state index is 0.156. The van der Waals surface area contributed by atoms with Crippen LogP contribution in [0, 0.1) is 13.8 Å². The molecule has 1 saturated heterocycles. The second-order valence-corrected chi connectivity index (χ2v) is 10.8. The molecular weight excluding hydrogens is 462 g/mol. The first-order valence-electron chi connectivity index (χ1n) is 10.7. The van der Waals surface area contributed by atoms with Crippen LogP contribution in [0.2, 0.25) is 0 Å². The van der Waals surface area contributed by atoms with Crippen molar-refractivity contribution in [1.82, 2.24) is 8.87 Å². The molecule has 1 aliphatic rings. The molecule has 1 aromatic heterocycles. The topological polar surface area (TPSA) is 90.2 Å². The number of thiazole rings is 1. The summed E-state index contributed by atoms with van der Waals surface area (Å²) in [6, 6.07) is 10.2. The van der Waals surface area contributed by atoms with E-state index in [0.717, 1.165) is 10.2 Å². The molecule has 0 spiro atoms. The summed E-state index contributed by atoms with van der Waals surface area (Å²) < 4.78 is 40.5. The second-order valence-electron chi connectivity index (χ2n) is 7.89. The molecule has 1 fully saturated rings. The minimum atomic E-state index is -3.61. The lowest BCUT2D eigenvalue weighted by atomic mass is 10.1. The molecule has 8 nitrogen and oxygen atoms in total. The fourth-order valence-electron chi connectivity index (χ4n) is 3.66. The molecule has 1 aliphatic heterocycles. The zero-order valence-electron chi connectivity index (χ0n) is 18.9. The summed E-state index contributed by atoms with van der Waals surface area (Å²) >= 11 is 1.45. The molecular formula is C23H27N3O5S2. The number of aromatic nitrogens is 1. The second kappa shape index (κ2) is 9.86. The third-order valence-electron chi connectivity index (χ3n) is 5.72. The monoisotopic (exact) mass is 489 g/mol.